The molecule has 0 fully saturated rings. The smallest absolute Gasteiger partial charge is 0.286 e. The number of ether oxygens (including phenoxy) is 1. The molecule has 200 valence electrons. The number of aromatic nitrogens is 1. The lowest BCUT2D eigenvalue weighted by atomic mass is 10.0. The molecule has 2 aromatic rings. The van der Waals surface area contributed by atoms with E-state index in [-0.39, 0.29) is 6.42 Å². The SMILES string of the molecule is CCCCCCCCCCCCCCCCOc1ccc2c(c1)sc(=NN)n2C(CC)S(=O)(=O)O. The minimum Gasteiger partial charge on any atom is -0.494 e. The Morgan fingerprint density at radius 1 is 0.943 bits per heavy atom. The van der Waals surface area contributed by atoms with Gasteiger partial charge in [0.25, 0.3) is 10.1 Å². The van der Waals surface area contributed by atoms with Crippen molar-refractivity contribution in [2.75, 3.05) is 6.61 Å². The molecule has 2 rings (SSSR count). The summed E-state index contributed by atoms with van der Waals surface area (Å²) in [6.07, 6.45) is 18.8. The highest BCUT2D eigenvalue weighted by atomic mass is 32.2. The summed E-state index contributed by atoms with van der Waals surface area (Å²) in [5.41, 5.74) is 0.660. The molecule has 0 spiro atoms. The molecule has 0 aliphatic carbocycles. The van der Waals surface area contributed by atoms with Crippen molar-refractivity contribution in [2.45, 2.75) is 116 Å². The van der Waals surface area contributed by atoms with E-state index >= 15 is 0 Å². The maximum Gasteiger partial charge on any atom is 0.286 e. The molecule has 1 unspecified atom stereocenters. The van der Waals surface area contributed by atoms with E-state index in [1.54, 1.807) is 13.0 Å². The quantitative estimate of drug-likeness (QED) is 0.0874. The zero-order chi connectivity index (χ0) is 25.5. The molecule has 1 aromatic heterocycles. The molecule has 3 N–H and O–H groups in total. The van der Waals surface area contributed by atoms with Crippen LogP contribution in [0, 0.1) is 0 Å². The summed E-state index contributed by atoms with van der Waals surface area (Å²) in [5.74, 6) is 6.23. The second kappa shape index (κ2) is 16.2. The average molecular weight is 528 g/mol. The maximum atomic E-state index is 11.8. The molecule has 1 aromatic carbocycles. The monoisotopic (exact) mass is 527 g/mol. The van der Waals surface area contributed by atoms with E-state index < -0.39 is 15.5 Å². The van der Waals surface area contributed by atoms with Gasteiger partial charge in [0.05, 0.1) is 16.8 Å². The molecule has 0 saturated heterocycles. The van der Waals surface area contributed by atoms with Crippen molar-refractivity contribution in [2.24, 2.45) is 10.9 Å². The van der Waals surface area contributed by atoms with Gasteiger partial charge >= 0.3 is 0 Å². The molecular formula is C26H45N3O4S2. The first-order valence-electron chi connectivity index (χ1n) is 13.4. The van der Waals surface area contributed by atoms with Gasteiger partial charge in [-0.05, 0) is 31.0 Å². The van der Waals surface area contributed by atoms with Gasteiger partial charge in [-0.1, -0.05) is 109 Å². The van der Waals surface area contributed by atoms with Crippen molar-refractivity contribution in [3.05, 3.63) is 23.0 Å². The van der Waals surface area contributed by atoms with E-state index in [2.05, 4.69) is 12.0 Å². The fourth-order valence-corrected chi connectivity index (χ4v) is 6.48. The summed E-state index contributed by atoms with van der Waals surface area (Å²) in [6.45, 7) is 4.62. The third-order valence-corrected chi connectivity index (χ3v) is 8.72. The van der Waals surface area contributed by atoms with Crippen LogP contribution in [0.25, 0.3) is 10.2 Å². The molecule has 0 saturated carbocycles. The number of thiazole rings is 1. The summed E-state index contributed by atoms with van der Waals surface area (Å²) in [5, 5.41) is 2.61. The Hall–Kier alpha value is -1.58. The Kier molecular flexibility index (Phi) is 13.7. The molecule has 35 heavy (non-hydrogen) atoms. The second-order valence-electron chi connectivity index (χ2n) is 9.34. The molecular weight excluding hydrogens is 482 g/mol. The normalized spacial score (nSPS) is 13.5. The number of hydrogen-bond donors (Lipinski definition) is 2. The molecule has 9 heteroatoms. The van der Waals surface area contributed by atoms with Crippen LogP contribution in [0.15, 0.2) is 23.3 Å². The Bertz CT molecular complexity index is 1030. The van der Waals surface area contributed by atoms with E-state index in [4.69, 9.17) is 10.6 Å². The van der Waals surface area contributed by atoms with Crippen LogP contribution in [-0.2, 0) is 10.1 Å². The largest absolute Gasteiger partial charge is 0.494 e. The Balaban J connectivity index is 1.67. The lowest BCUT2D eigenvalue weighted by molar-refractivity contribution is 0.304. The summed E-state index contributed by atoms with van der Waals surface area (Å²) in [7, 11) is -4.29. The fourth-order valence-electron chi connectivity index (χ4n) is 4.50. The molecule has 0 bridgehead atoms. The summed E-state index contributed by atoms with van der Waals surface area (Å²) in [6, 6.07) is 5.51. The highest BCUT2D eigenvalue weighted by molar-refractivity contribution is 7.85. The maximum absolute atomic E-state index is 11.8. The van der Waals surface area contributed by atoms with Crippen LogP contribution in [-0.4, -0.2) is 24.1 Å². The Morgan fingerprint density at radius 2 is 1.49 bits per heavy atom. The van der Waals surface area contributed by atoms with Crippen LogP contribution in [0.2, 0.25) is 0 Å². The topological polar surface area (TPSA) is 107 Å². The first-order valence-corrected chi connectivity index (χ1v) is 15.7. The Labute approximate surface area is 215 Å². The number of rotatable bonds is 19. The van der Waals surface area contributed by atoms with Gasteiger partial charge in [-0.15, -0.1) is 0 Å². The standard InChI is InChI=1S/C26H45N3O4S2/c1-3-5-6-7-8-9-10-11-12-13-14-15-16-17-20-33-22-18-19-23-24(21-22)34-26(28-27)29(23)25(4-2)35(30,31)32/h18-19,21,25H,3-17,20,27H2,1-2H3,(H,30,31,32). The van der Waals surface area contributed by atoms with Crippen LogP contribution >= 0.6 is 11.3 Å². The van der Waals surface area contributed by atoms with Gasteiger partial charge in [0, 0.05) is 0 Å². The van der Waals surface area contributed by atoms with Gasteiger partial charge in [0.1, 0.15) is 5.75 Å². The summed E-state index contributed by atoms with van der Waals surface area (Å²) >= 11 is 1.28. The molecule has 0 amide bonds. The third-order valence-electron chi connectivity index (χ3n) is 6.46. The van der Waals surface area contributed by atoms with Gasteiger partial charge < -0.3 is 10.6 Å². The lowest BCUT2D eigenvalue weighted by Gasteiger charge is -2.15. The van der Waals surface area contributed by atoms with E-state index in [1.807, 2.05) is 12.1 Å². The van der Waals surface area contributed by atoms with Crippen molar-refractivity contribution < 1.29 is 17.7 Å². The highest BCUT2D eigenvalue weighted by Gasteiger charge is 2.26. The highest BCUT2D eigenvalue weighted by Crippen LogP contribution is 2.28. The molecule has 1 heterocycles. The van der Waals surface area contributed by atoms with Crippen LogP contribution in [0.5, 0.6) is 5.75 Å². The minimum absolute atomic E-state index is 0.204. The molecule has 1 atom stereocenters. The fraction of sp³-hybridized carbons (Fsp3) is 0.731. The van der Waals surface area contributed by atoms with Crippen LogP contribution < -0.4 is 15.4 Å². The van der Waals surface area contributed by atoms with E-state index in [9.17, 15) is 13.0 Å². The zero-order valence-electron chi connectivity index (χ0n) is 21.6. The second-order valence-corrected chi connectivity index (χ2v) is 11.9. The Morgan fingerprint density at radius 3 is 1.97 bits per heavy atom. The molecule has 0 aliphatic heterocycles. The van der Waals surface area contributed by atoms with Gasteiger partial charge in [-0.25, -0.2) is 0 Å². The van der Waals surface area contributed by atoms with E-state index in [0.29, 0.717) is 16.9 Å². The molecule has 0 radical (unpaired) electrons. The lowest BCUT2D eigenvalue weighted by Crippen LogP contribution is -2.27. The predicted molar refractivity (Wildman–Crippen MR) is 146 cm³/mol. The van der Waals surface area contributed by atoms with Gasteiger partial charge in [0.2, 0.25) is 4.80 Å². The number of unbranched alkanes of at least 4 members (excludes halogenated alkanes) is 13. The summed E-state index contributed by atoms with van der Waals surface area (Å²) in [4.78, 5) is 0.341. The zero-order valence-corrected chi connectivity index (χ0v) is 23.2. The molecule has 7 nitrogen and oxygen atoms in total. The van der Waals surface area contributed by atoms with Gasteiger partial charge in [-0.3, -0.25) is 9.12 Å². The van der Waals surface area contributed by atoms with Crippen molar-refractivity contribution >= 4 is 31.7 Å². The number of nitrogens with two attached hydrogens (primary N) is 1. The van der Waals surface area contributed by atoms with Crippen molar-refractivity contribution in [3.8, 4) is 5.75 Å². The number of fused-ring (bicyclic) bond motifs is 1. The van der Waals surface area contributed by atoms with Crippen LogP contribution in [0.3, 0.4) is 0 Å². The first-order chi connectivity index (χ1) is 16.9. The third kappa shape index (κ3) is 10.1. The van der Waals surface area contributed by atoms with Crippen molar-refractivity contribution in [1.82, 2.24) is 4.57 Å². The van der Waals surface area contributed by atoms with Gasteiger partial charge in [0.15, 0.2) is 5.37 Å². The number of benzene rings is 1. The number of hydrogen-bond acceptors (Lipinski definition) is 6. The minimum atomic E-state index is -4.29. The van der Waals surface area contributed by atoms with E-state index in [1.165, 1.54) is 99.4 Å². The first kappa shape index (κ1) is 29.6. The number of nitrogens with zero attached hydrogens (tertiary/aromatic N) is 2. The van der Waals surface area contributed by atoms with Crippen molar-refractivity contribution in [3.63, 3.8) is 0 Å². The average Bonchev–Trinajstić information content (AvgIpc) is 3.18. The van der Waals surface area contributed by atoms with Crippen molar-refractivity contribution in [1.29, 1.82) is 0 Å². The molecule has 0 aliphatic rings. The van der Waals surface area contributed by atoms with Crippen LogP contribution in [0.4, 0.5) is 0 Å². The van der Waals surface area contributed by atoms with Gasteiger partial charge in [-0.2, -0.15) is 13.5 Å². The predicted octanol–water partition coefficient (Wildman–Crippen LogP) is 7.13. The van der Waals surface area contributed by atoms with E-state index in [0.717, 1.165) is 16.9 Å². The van der Waals surface area contributed by atoms with Crippen LogP contribution in [0.1, 0.15) is 116 Å². The summed E-state index contributed by atoms with van der Waals surface area (Å²) < 4.78 is 41.5.